The molecule has 1 saturated heterocycles. The molecule has 24 heavy (non-hydrogen) atoms. The van der Waals surface area contributed by atoms with Gasteiger partial charge in [0, 0.05) is 38.4 Å². The molecule has 0 unspecified atom stereocenters. The summed E-state index contributed by atoms with van der Waals surface area (Å²) in [5.41, 5.74) is 0.830. The highest BCUT2D eigenvalue weighted by molar-refractivity contribution is 5.68. The van der Waals surface area contributed by atoms with E-state index in [1.165, 1.54) is 12.1 Å². The first-order valence-electron chi connectivity index (χ1n) is 9.08. The molecule has 6 nitrogen and oxygen atoms in total. The quantitative estimate of drug-likeness (QED) is 0.919. The maximum absolute atomic E-state index is 12.1. The van der Waals surface area contributed by atoms with Crippen LogP contribution < -0.4 is 5.32 Å². The highest BCUT2D eigenvalue weighted by Gasteiger charge is 2.43. The Bertz CT molecular complexity index is 578. The Morgan fingerprint density at radius 3 is 2.88 bits per heavy atom. The molecular weight excluding hydrogens is 304 g/mol. The average molecular weight is 334 g/mol. The number of fused-ring (bicyclic) bond motifs is 1. The molecule has 1 aromatic heterocycles. The van der Waals surface area contributed by atoms with Crippen LogP contribution in [0.15, 0.2) is 12.3 Å². The minimum absolute atomic E-state index is 0.242. The standard InChI is InChI=1S/C18H30N4O2/c1-5-22-14(8-9-19-22)11-21-10-13-6-7-16(15(13)12-21)20-17(23)24-18(2,3)4/h8-9,13,15-16H,5-7,10-12H2,1-4H3,(H,20,23)/t13-,15-,16+/m0/s1. The molecular formula is C18H30N4O2. The Kier molecular flexibility index (Phi) is 4.85. The summed E-state index contributed by atoms with van der Waals surface area (Å²) in [6, 6.07) is 2.35. The first-order chi connectivity index (χ1) is 11.4. The van der Waals surface area contributed by atoms with Gasteiger partial charge in [0.05, 0.1) is 5.69 Å². The zero-order valence-electron chi connectivity index (χ0n) is 15.3. The minimum atomic E-state index is -0.442. The van der Waals surface area contributed by atoms with E-state index in [0.717, 1.165) is 32.6 Å². The summed E-state index contributed by atoms with van der Waals surface area (Å²) in [7, 11) is 0. The molecule has 3 rings (SSSR count). The van der Waals surface area contributed by atoms with Gasteiger partial charge in [-0.15, -0.1) is 0 Å². The van der Waals surface area contributed by atoms with Crippen molar-refractivity contribution < 1.29 is 9.53 Å². The largest absolute Gasteiger partial charge is 0.444 e. The number of nitrogens with zero attached hydrogens (tertiary/aromatic N) is 3. The molecule has 1 saturated carbocycles. The van der Waals surface area contributed by atoms with E-state index in [2.05, 4.69) is 33.0 Å². The number of carbonyl (C=O) groups is 1. The summed E-state index contributed by atoms with van der Waals surface area (Å²) in [4.78, 5) is 14.6. The fourth-order valence-electron chi connectivity index (χ4n) is 4.13. The number of nitrogens with one attached hydrogen (secondary N) is 1. The number of amides is 1. The van der Waals surface area contributed by atoms with Crippen LogP contribution in [-0.2, 0) is 17.8 Å². The third-order valence-corrected chi connectivity index (χ3v) is 5.12. The highest BCUT2D eigenvalue weighted by Crippen LogP contribution is 2.38. The summed E-state index contributed by atoms with van der Waals surface area (Å²) in [5.74, 6) is 1.22. The number of aryl methyl sites for hydroxylation is 1. The molecule has 1 aliphatic carbocycles. The van der Waals surface area contributed by atoms with Crippen LogP contribution in [0, 0.1) is 11.8 Å². The summed E-state index contributed by atoms with van der Waals surface area (Å²) in [5, 5.41) is 7.46. The van der Waals surface area contributed by atoms with Gasteiger partial charge in [-0.05, 0) is 58.4 Å². The summed E-state index contributed by atoms with van der Waals surface area (Å²) < 4.78 is 7.48. The predicted molar refractivity (Wildman–Crippen MR) is 92.5 cm³/mol. The van der Waals surface area contributed by atoms with Crippen LogP contribution in [0.1, 0.15) is 46.2 Å². The molecule has 0 radical (unpaired) electrons. The monoisotopic (exact) mass is 334 g/mol. The predicted octanol–water partition coefficient (Wildman–Crippen LogP) is 2.64. The normalized spacial score (nSPS) is 27.2. The van der Waals surface area contributed by atoms with E-state index >= 15 is 0 Å². The molecule has 0 spiro atoms. The van der Waals surface area contributed by atoms with Gasteiger partial charge in [-0.2, -0.15) is 5.10 Å². The Morgan fingerprint density at radius 2 is 2.17 bits per heavy atom. The number of aromatic nitrogens is 2. The molecule has 6 heteroatoms. The molecule has 134 valence electrons. The molecule has 0 aromatic carbocycles. The van der Waals surface area contributed by atoms with E-state index in [9.17, 15) is 4.79 Å². The first kappa shape index (κ1) is 17.3. The first-order valence-corrected chi connectivity index (χ1v) is 9.08. The fraction of sp³-hybridized carbons (Fsp3) is 0.778. The number of alkyl carbamates (subject to hydrolysis) is 1. The smallest absolute Gasteiger partial charge is 0.407 e. The van der Waals surface area contributed by atoms with E-state index < -0.39 is 5.60 Å². The van der Waals surface area contributed by atoms with E-state index in [0.29, 0.717) is 11.8 Å². The molecule has 1 aromatic rings. The number of carbonyl (C=O) groups excluding carboxylic acids is 1. The SMILES string of the molecule is CCn1nccc1CN1C[C@@H]2CC[C@@H](NC(=O)OC(C)(C)C)[C@H]2C1. The maximum atomic E-state index is 12.1. The summed E-state index contributed by atoms with van der Waals surface area (Å²) in [6.45, 7) is 11.8. The van der Waals surface area contributed by atoms with E-state index in [-0.39, 0.29) is 12.1 Å². The molecule has 1 amide bonds. The Balaban J connectivity index is 1.55. The van der Waals surface area contributed by atoms with Gasteiger partial charge in [0.1, 0.15) is 5.60 Å². The average Bonchev–Trinajstić information content (AvgIpc) is 3.15. The zero-order valence-corrected chi connectivity index (χ0v) is 15.3. The Hall–Kier alpha value is -1.56. The van der Waals surface area contributed by atoms with Crippen molar-refractivity contribution in [1.82, 2.24) is 20.0 Å². The topological polar surface area (TPSA) is 59.4 Å². The van der Waals surface area contributed by atoms with Crippen LogP contribution in [0.2, 0.25) is 0 Å². The fourth-order valence-corrected chi connectivity index (χ4v) is 4.13. The Labute approximate surface area is 144 Å². The van der Waals surface area contributed by atoms with Crippen molar-refractivity contribution in [2.75, 3.05) is 13.1 Å². The van der Waals surface area contributed by atoms with Gasteiger partial charge in [0.25, 0.3) is 0 Å². The van der Waals surface area contributed by atoms with Crippen LogP contribution >= 0.6 is 0 Å². The molecule has 2 fully saturated rings. The van der Waals surface area contributed by atoms with Crippen molar-refractivity contribution in [2.24, 2.45) is 11.8 Å². The molecule has 1 aliphatic heterocycles. The number of rotatable bonds is 4. The highest BCUT2D eigenvalue weighted by atomic mass is 16.6. The lowest BCUT2D eigenvalue weighted by atomic mass is 9.98. The van der Waals surface area contributed by atoms with Crippen LogP contribution in [0.3, 0.4) is 0 Å². The molecule has 2 aliphatic rings. The lowest BCUT2D eigenvalue weighted by Crippen LogP contribution is -2.42. The number of ether oxygens (including phenoxy) is 1. The van der Waals surface area contributed by atoms with Crippen molar-refractivity contribution in [2.45, 2.75) is 65.3 Å². The van der Waals surface area contributed by atoms with Crippen LogP contribution in [0.25, 0.3) is 0 Å². The lowest BCUT2D eigenvalue weighted by molar-refractivity contribution is 0.0491. The number of hydrogen-bond acceptors (Lipinski definition) is 4. The van der Waals surface area contributed by atoms with E-state index in [4.69, 9.17) is 4.74 Å². The maximum Gasteiger partial charge on any atom is 0.407 e. The zero-order chi connectivity index (χ0) is 17.3. The van der Waals surface area contributed by atoms with Gasteiger partial charge in [0.2, 0.25) is 0 Å². The second-order valence-electron chi connectivity index (χ2n) is 8.09. The van der Waals surface area contributed by atoms with E-state index in [1.54, 1.807) is 0 Å². The second-order valence-corrected chi connectivity index (χ2v) is 8.09. The van der Waals surface area contributed by atoms with Crippen molar-refractivity contribution in [3.8, 4) is 0 Å². The second kappa shape index (κ2) is 6.75. The summed E-state index contributed by atoms with van der Waals surface area (Å²) >= 11 is 0. The molecule has 3 atom stereocenters. The van der Waals surface area contributed by atoms with Crippen LogP contribution in [0.5, 0.6) is 0 Å². The van der Waals surface area contributed by atoms with Crippen molar-refractivity contribution in [1.29, 1.82) is 0 Å². The van der Waals surface area contributed by atoms with Crippen molar-refractivity contribution >= 4 is 6.09 Å². The van der Waals surface area contributed by atoms with Gasteiger partial charge in [-0.3, -0.25) is 9.58 Å². The third kappa shape index (κ3) is 3.91. The van der Waals surface area contributed by atoms with Crippen LogP contribution in [0.4, 0.5) is 4.79 Å². The van der Waals surface area contributed by atoms with Crippen molar-refractivity contribution in [3.05, 3.63) is 18.0 Å². The third-order valence-electron chi connectivity index (χ3n) is 5.12. The Morgan fingerprint density at radius 1 is 1.38 bits per heavy atom. The van der Waals surface area contributed by atoms with Gasteiger partial charge >= 0.3 is 6.09 Å². The van der Waals surface area contributed by atoms with Crippen LogP contribution in [-0.4, -0.2) is 45.5 Å². The molecule has 1 N–H and O–H groups in total. The molecule has 2 heterocycles. The lowest BCUT2D eigenvalue weighted by Gasteiger charge is -2.25. The molecule has 0 bridgehead atoms. The van der Waals surface area contributed by atoms with Crippen molar-refractivity contribution in [3.63, 3.8) is 0 Å². The van der Waals surface area contributed by atoms with Gasteiger partial charge in [0.15, 0.2) is 0 Å². The van der Waals surface area contributed by atoms with E-state index in [1.807, 2.05) is 27.0 Å². The summed E-state index contributed by atoms with van der Waals surface area (Å²) in [6.07, 6.45) is 3.85. The number of hydrogen-bond donors (Lipinski definition) is 1. The van der Waals surface area contributed by atoms with Gasteiger partial charge in [-0.25, -0.2) is 4.79 Å². The van der Waals surface area contributed by atoms with Gasteiger partial charge < -0.3 is 10.1 Å². The van der Waals surface area contributed by atoms with Gasteiger partial charge in [-0.1, -0.05) is 0 Å². The number of likely N-dealkylation sites (tertiary alicyclic amines) is 1. The minimum Gasteiger partial charge on any atom is -0.444 e.